The summed E-state index contributed by atoms with van der Waals surface area (Å²) in [7, 11) is 0. The van der Waals surface area contributed by atoms with E-state index < -0.39 is 30.7 Å². The van der Waals surface area contributed by atoms with Gasteiger partial charge in [-0.1, -0.05) is 194 Å². The van der Waals surface area contributed by atoms with E-state index in [0.717, 1.165) is 38.5 Å². The SMILES string of the molecule is CCCCCCCCCCCCCCCCCC(=O)OC[C@H](CO[C@H]1OC[C@@H](O)[C@H](O)[C@H]1O)OC(=O)CCCCCCCCCCCCCCCCC. The number of carbonyl (C=O) groups excluding carboxylic acids is 2. The molecule has 9 nitrogen and oxygen atoms in total. The Bertz CT molecular complexity index is 825. The maximum Gasteiger partial charge on any atom is 0.306 e. The lowest BCUT2D eigenvalue weighted by Crippen LogP contribution is -2.54. The highest BCUT2D eigenvalue weighted by atomic mass is 16.7. The number of aliphatic hydroxyl groups is 3. The molecule has 1 fully saturated rings. The van der Waals surface area contributed by atoms with Gasteiger partial charge >= 0.3 is 11.9 Å². The summed E-state index contributed by atoms with van der Waals surface area (Å²) in [5.74, 6) is -0.719. The van der Waals surface area contributed by atoms with Crippen molar-refractivity contribution in [1.82, 2.24) is 0 Å². The minimum absolute atomic E-state index is 0.157. The number of carbonyl (C=O) groups is 2. The fraction of sp³-hybridized carbons (Fsp3) is 0.955. The van der Waals surface area contributed by atoms with E-state index in [-0.39, 0.29) is 38.2 Å². The zero-order chi connectivity index (χ0) is 38.6. The number of ether oxygens (including phenoxy) is 4. The van der Waals surface area contributed by atoms with Crippen LogP contribution in [0.2, 0.25) is 0 Å². The van der Waals surface area contributed by atoms with Crippen LogP contribution in [0.1, 0.15) is 219 Å². The van der Waals surface area contributed by atoms with E-state index in [1.165, 1.54) is 154 Å². The molecule has 1 heterocycles. The van der Waals surface area contributed by atoms with Crippen molar-refractivity contribution in [3.63, 3.8) is 0 Å². The third-order valence-electron chi connectivity index (χ3n) is 10.6. The largest absolute Gasteiger partial charge is 0.462 e. The van der Waals surface area contributed by atoms with E-state index in [0.29, 0.717) is 6.42 Å². The first kappa shape index (κ1) is 49.8. The van der Waals surface area contributed by atoms with Gasteiger partial charge in [-0.3, -0.25) is 9.59 Å². The van der Waals surface area contributed by atoms with E-state index in [1.807, 2.05) is 0 Å². The number of esters is 2. The molecule has 0 aromatic carbocycles. The predicted molar refractivity (Wildman–Crippen MR) is 214 cm³/mol. The van der Waals surface area contributed by atoms with Crippen molar-refractivity contribution in [2.45, 2.75) is 250 Å². The molecule has 1 aliphatic rings. The molecule has 53 heavy (non-hydrogen) atoms. The lowest BCUT2D eigenvalue weighted by atomic mass is 10.0. The van der Waals surface area contributed by atoms with E-state index in [1.54, 1.807) is 0 Å². The van der Waals surface area contributed by atoms with Gasteiger partial charge in [0.2, 0.25) is 0 Å². The first-order chi connectivity index (χ1) is 25.9. The average Bonchev–Trinajstić information content (AvgIpc) is 3.15. The fourth-order valence-electron chi connectivity index (χ4n) is 7.03. The highest BCUT2D eigenvalue weighted by molar-refractivity contribution is 5.70. The molecule has 3 N–H and O–H groups in total. The number of rotatable bonds is 38. The monoisotopic (exact) mass is 757 g/mol. The van der Waals surface area contributed by atoms with Crippen LogP contribution in [0.15, 0.2) is 0 Å². The number of unbranched alkanes of at least 4 members (excludes halogenated alkanes) is 28. The molecule has 5 atom stereocenters. The normalized spacial score (nSPS) is 19.3. The van der Waals surface area contributed by atoms with Crippen LogP contribution in [0, 0.1) is 0 Å². The average molecular weight is 757 g/mol. The van der Waals surface area contributed by atoms with Gasteiger partial charge in [0.1, 0.15) is 24.9 Å². The lowest BCUT2D eigenvalue weighted by Gasteiger charge is -2.35. The van der Waals surface area contributed by atoms with Gasteiger partial charge in [-0.25, -0.2) is 0 Å². The zero-order valence-electron chi connectivity index (χ0n) is 34.4. The first-order valence-electron chi connectivity index (χ1n) is 22.5. The highest BCUT2D eigenvalue weighted by Gasteiger charge is 2.38. The molecule has 1 aliphatic heterocycles. The molecule has 0 amide bonds. The summed E-state index contributed by atoms with van der Waals surface area (Å²) >= 11 is 0. The first-order valence-corrected chi connectivity index (χ1v) is 22.5. The smallest absolute Gasteiger partial charge is 0.306 e. The third kappa shape index (κ3) is 29.7. The number of aliphatic hydroxyl groups excluding tert-OH is 3. The van der Waals surface area contributed by atoms with Crippen LogP contribution >= 0.6 is 0 Å². The van der Waals surface area contributed by atoms with Crippen molar-refractivity contribution in [3.8, 4) is 0 Å². The van der Waals surface area contributed by atoms with Crippen molar-refractivity contribution in [1.29, 1.82) is 0 Å². The summed E-state index contributed by atoms with van der Waals surface area (Å²) < 4.78 is 22.0. The Balaban J connectivity index is 2.22. The molecule has 0 aliphatic carbocycles. The van der Waals surface area contributed by atoms with E-state index in [2.05, 4.69) is 13.8 Å². The lowest BCUT2D eigenvalue weighted by molar-refractivity contribution is -0.275. The summed E-state index contributed by atoms with van der Waals surface area (Å²) in [6.45, 7) is 3.99. The molecule has 9 heteroatoms. The molecule has 314 valence electrons. The third-order valence-corrected chi connectivity index (χ3v) is 10.6. The number of hydrogen-bond donors (Lipinski definition) is 3. The van der Waals surface area contributed by atoms with Gasteiger partial charge in [0.05, 0.1) is 13.2 Å². The fourth-order valence-corrected chi connectivity index (χ4v) is 7.03. The van der Waals surface area contributed by atoms with Gasteiger partial charge < -0.3 is 34.3 Å². The van der Waals surface area contributed by atoms with Crippen LogP contribution in [0.5, 0.6) is 0 Å². The summed E-state index contributed by atoms with van der Waals surface area (Å²) in [6, 6.07) is 0. The molecule has 0 bridgehead atoms. The Labute approximate surface area is 325 Å². The van der Waals surface area contributed by atoms with E-state index in [4.69, 9.17) is 18.9 Å². The molecule has 0 spiro atoms. The number of hydrogen-bond acceptors (Lipinski definition) is 9. The molecular weight excluding hydrogens is 672 g/mol. The van der Waals surface area contributed by atoms with Crippen LogP contribution in [0.3, 0.4) is 0 Å². The maximum atomic E-state index is 12.7. The Morgan fingerprint density at radius 2 is 0.868 bits per heavy atom. The van der Waals surface area contributed by atoms with Gasteiger partial charge in [0.15, 0.2) is 12.4 Å². The molecule has 0 aromatic rings. The van der Waals surface area contributed by atoms with Gasteiger partial charge in [-0.15, -0.1) is 0 Å². The molecule has 1 rings (SSSR count). The molecule has 0 saturated carbocycles. The Hall–Kier alpha value is -1.26. The molecule has 0 radical (unpaired) electrons. The van der Waals surface area contributed by atoms with Gasteiger partial charge in [-0.05, 0) is 12.8 Å². The minimum atomic E-state index is -1.46. The van der Waals surface area contributed by atoms with Crippen molar-refractivity contribution in [2.24, 2.45) is 0 Å². The quantitative estimate of drug-likeness (QED) is 0.0416. The van der Waals surface area contributed by atoms with Crippen LogP contribution < -0.4 is 0 Å². The zero-order valence-corrected chi connectivity index (χ0v) is 34.4. The van der Waals surface area contributed by atoms with Crippen molar-refractivity contribution >= 4 is 11.9 Å². The van der Waals surface area contributed by atoms with Crippen molar-refractivity contribution < 1.29 is 43.9 Å². The second kappa shape index (κ2) is 36.4. The van der Waals surface area contributed by atoms with Gasteiger partial charge in [-0.2, -0.15) is 0 Å². The summed E-state index contributed by atoms with van der Waals surface area (Å²) in [6.07, 6.45) is 32.0. The second-order valence-corrected chi connectivity index (χ2v) is 15.8. The Morgan fingerprint density at radius 3 is 1.26 bits per heavy atom. The van der Waals surface area contributed by atoms with Crippen LogP contribution in [0.25, 0.3) is 0 Å². The highest BCUT2D eigenvalue weighted by Crippen LogP contribution is 2.19. The molecule has 1 saturated heterocycles. The molecular formula is C44H84O9. The standard InChI is InChI=1S/C44H84O9/c1-3-5-7-9-11-13-15-17-19-21-23-25-27-29-31-33-40(46)50-35-38(36-51-44-43(49)42(48)39(45)37-52-44)53-41(47)34-32-30-28-26-24-22-20-18-16-14-12-10-8-6-4-2/h38-39,42-45,48-49H,3-37H2,1-2H3/t38-,39-,42+,43-,44+/m1/s1. The minimum Gasteiger partial charge on any atom is -0.462 e. The Morgan fingerprint density at radius 1 is 0.509 bits per heavy atom. The second-order valence-electron chi connectivity index (χ2n) is 15.8. The van der Waals surface area contributed by atoms with Gasteiger partial charge in [0, 0.05) is 12.8 Å². The van der Waals surface area contributed by atoms with Crippen molar-refractivity contribution in [2.75, 3.05) is 19.8 Å². The summed E-state index contributed by atoms with van der Waals surface area (Å²) in [4.78, 5) is 25.2. The topological polar surface area (TPSA) is 132 Å². The Kier molecular flexibility index (Phi) is 34.2. The summed E-state index contributed by atoms with van der Waals surface area (Å²) in [5, 5.41) is 29.9. The van der Waals surface area contributed by atoms with E-state index >= 15 is 0 Å². The predicted octanol–water partition coefficient (Wildman–Crippen LogP) is 10.4. The van der Waals surface area contributed by atoms with Crippen molar-refractivity contribution in [3.05, 3.63) is 0 Å². The van der Waals surface area contributed by atoms with Crippen LogP contribution in [0.4, 0.5) is 0 Å². The summed E-state index contributed by atoms with van der Waals surface area (Å²) in [5.41, 5.74) is 0. The van der Waals surface area contributed by atoms with E-state index in [9.17, 15) is 24.9 Å². The molecule has 0 unspecified atom stereocenters. The molecule has 0 aromatic heterocycles. The maximum absolute atomic E-state index is 12.7. The van der Waals surface area contributed by atoms with Crippen LogP contribution in [-0.2, 0) is 28.5 Å². The van der Waals surface area contributed by atoms with Crippen LogP contribution in [-0.4, -0.2) is 77.8 Å². The van der Waals surface area contributed by atoms with Gasteiger partial charge in [0.25, 0.3) is 0 Å².